The van der Waals surface area contributed by atoms with E-state index in [2.05, 4.69) is 11.4 Å². The van der Waals surface area contributed by atoms with Crippen molar-refractivity contribution < 1.29 is 19.4 Å². The van der Waals surface area contributed by atoms with Crippen LogP contribution in [0, 0.1) is 5.92 Å². The van der Waals surface area contributed by atoms with Crippen molar-refractivity contribution >= 4 is 11.9 Å². The molecule has 0 saturated heterocycles. The van der Waals surface area contributed by atoms with Gasteiger partial charge in [-0.3, -0.25) is 9.59 Å². The van der Waals surface area contributed by atoms with E-state index >= 15 is 0 Å². The van der Waals surface area contributed by atoms with Crippen molar-refractivity contribution in [3.05, 3.63) is 35.4 Å². The van der Waals surface area contributed by atoms with Gasteiger partial charge < -0.3 is 15.2 Å². The van der Waals surface area contributed by atoms with Gasteiger partial charge in [0.2, 0.25) is 5.91 Å². The zero-order chi connectivity index (χ0) is 16.2. The molecule has 1 aromatic rings. The normalized spacial score (nSPS) is 27.0. The first-order chi connectivity index (χ1) is 11.1. The Morgan fingerprint density at radius 1 is 1.17 bits per heavy atom. The minimum atomic E-state index is -0.720. The van der Waals surface area contributed by atoms with Crippen LogP contribution in [0.1, 0.15) is 49.3 Å². The number of carboxylic acid groups (broad SMARTS) is 1. The van der Waals surface area contributed by atoms with Gasteiger partial charge in [0, 0.05) is 6.04 Å². The number of aliphatic carboxylic acids is 1. The molecule has 1 unspecified atom stereocenters. The van der Waals surface area contributed by atoms with E-state index in [4.69, 9.17) is 9.84 Å². The van der Waals surface area contributed by atoms with E-state index in [1.54, 1.807) is 0 Å². The average molecular weight is 317 g/mol. The summed E-state index contributed by atoms with van der Waals surface area (Å²) in [5.41, 5.74) is 2.38. The van der Waals surface area contributed by atoms with Gasteiger partial charge in [-0.25, -0.2) is 0 Å². The highest BCUT2D eigenvalue weighted by Gasteiger charge is 2.28. The number of benzene rings is 1. The molecule has 2 aliphatic rings. The Morgan fingerprint density at radius 2 is 1.91 bits per heavy atom. The minimum Gasteiger partial charge on any atom is -0.481 e. The molecule has 1 amide bonds. The number of rotatable bonds is 4. The molecule has 3 rings (SSSR count). The first-order valence-electron chi connectivity index (χ1n) is 8.35. The van der Waals surface area contributed by atoms with Gasteiger partial charge in [0.1, 0.15) is 0 Å². The van der Waals surface area contributed by atoms with Crippen LogP contribution < -0.4 is 5.32 Å². The summed E-state index contributed by atoms with van der Waals surface area (Å²) in [7, 11) is 0. The molecule has 0 aromatic heterocycles. The molecule has 0 spiro atoms. The average Bonchev–Trinajstić information content (AvgIpc) is 2.55. The van der Waals surface area contributed by atoms with Gasteiger partial charge in [-0.2, -0.15) is 0 Å². The summed E-state index contributed by atoms with van der Waals surface area (Å²) >= 11 is 0. The number of carbonyl (C=O) groups excluding carboxylic acids is 1. The van der Waals surface area contributed by atoms with Crippen LogP contribution in [-0.4, -0.2) is 29.6 Å². The molecule has 2 N–H and O–H groups in total. The van der Waals surface area contributed by atoms with E-state index in [-0.39, 0.29) is 24.0 Å². The molecule has 124 valence electrons. The molecule has 1 aliphatic carbocycles. The van der Waals surface area contributed by atoms with Crippen LogP contribution in [0.3, 0.4) is 0 Å². The number of nitrogens with one attached hydrogen (secondary N) is 1. The SMILES string of the molecule is O=C(CC1OCCc2ccccc21)NC1CCC(C(=O)O)CC1. The molecule has 5 nitrogen and oxygen atoms in total. The summed E-state index contributed by atoms with van der Waals surface area (Å²) < 4.78 is 5.77. The maximum Gasteiger partial charge on any atom is 0.306 e. The summed E-state index contributed by atoms with van der Waals surface area (Å²) in [6.07, 6.45) is 3.82. The van der Waals surface area contributed by atoms with Crippen molar-refractivity contribution in [2.24, 2.45) is 5.92 Å². The van der Waals surface area contributed by atoms with E-state index in [1.807, 2.05) is 18.2 Å². The van der Waals surface area contributed by atoms with Gasteiger partial charge in [0.25, 0.3) is 0 Å². The summed E-state index contributed by atoms with van der Waals surface area (Å²) in [6, 6.07) is 8.21. The number of carbonyl (C=O) groups is 2. The molecule has 1 aliphatic heterocycles. The largest absolute Gasteiger partial charge is 0.481 e. The van der Waals surface area contributed by atoms with Crippen LogP contribution in [0.2, 0.25) is 0 Å². The van der Waals surface area contributed by atoms with E-state index in [1.165, 1.54) is 5.56 Å². The Hall–Kier alpha value is -1.88. The highest BCUT2D eigenvalue weighted by Crippen LogP contribution is 2.30. The third-order valence-corrected chi connectivity index (χ3v) is 4.90. The number of ether oxygens (including phenoxy) is 1. The van der Waals surface area contributed by atoms with Crippen molar-refractivity contribution in [2.75, 3.05) is 6.61 Å². The van der Waals surface area contributed by atoms with Crippen molar-refractivity contribution in [2.45, 2.75) is 50.7 Å². The Kier molecular flexibility index (Phi) is 4.96. The monoisotopic (exact) mass is 317 g/mol. The van der Waals surface area contributed by atoms with Gasteiger partial charge in [-0.15, -0.1) is 0 Å². The molecule has 0 bridgehead atoms. The lowest BCUT2D eigenvalue weighted by molar-refractivity contribution is -0.142. The maximum absolute atomic E-state index is 12.3. The number of hydrogen-bond donors (Lipinski definition) is 2. The highest BCUT2D eigenvalue weighted by atomic mass is 16.5. The Bertz CT molecular complexity index is 578. The third-order valence-electron chi connectivity index (χ3n) is 4.90. The van der Waals surface area contributed by atoms with Crippen LogP contribution in [0.25, 0.3) is 0 Å². The molecule has 0 radical (unpaired) electrons. The lowest BCUT2D eigenvalue weighted by Crippen LogP contribution is -2.39. The first kappa shape index (κ1) is 16.0. The molecule has 1 aromatic carbocycles. The van der Waals surface area contributed by atoms with Gasteiger partial charge in [-0.05, 0) is 43.2 Å². The van der Waals surface area contributed by atoms with Gasteiger partial charge in [-0.1, -0.05) is 24.3 Å². The zero-order valence-electron chi connectivity index (χ0n) is 13.2. The van der Waals surface area contributed by atoms with Crippen LogP contribution in [-0.2, 0) is 20.7 Å². The lowest BCUT2D eigenvalue weighted by atomic mass is 9.86. The molecular formula is C18H23NO4. The van der Waals surface area contributed by atoms with Gasteiger partial charge in [0.15, 0.2) is 0 Å². The molecule has 23 heavy (non-hydrogen) atoms. The fourth-order valence-electron chi connectivity index (χ4n) is 3.59. The number of amides is 1. The second-order valence-electron chi connectivity index (χ2n) is 6.47. The molecule has 1 saturated carbocycles. The van der Waals surface area contributed by atoms with E-state index in [9.17, 15) is 9.59 Å². The molecule has 1 heterocycles. The topological polar surface area (TPSA) is 75.6 Å². The fraction of sp³-hybridized carbons (Fsp3) is 0.556. The van der Waals surface area contributed by atoms with Crippen molar-refractivity contribution in [3.63, 3.8) is 0 Å². The van der Waals surface area contributed by atoms with E-state index in [0.717, 1.165) is 24.8 Å². The molecule has 5 heteroatoms. The lowest BCUT2D eigenvalue weighted by Gasteiger charge is -2.29. The van der Waals surface area contributed by atoms with Gasteiger partial charge in [0.05, 0.1) is 25.0 Å². The highest BCUT2D eigenvalue weighted by molar-refractivity contribution is 5.77. The Balaban J connectivity index is 1.52. The Morgan fingerprint density at radius 3 is 2.65 bits per heavy atom. The predicted molar refractivity (Wildman–Crippen MR) is 85.0 cm³/mol. The van der Waals surface area contributed by atoms with Gasteiger partial charge >= 0.3 is 5.97 Å². The van der Waals surface area contributed by atoms with Crippen LogP contribution in [0.4, 0.5) is 0 Å². The standard InChI is InChI=1S/C18H23NO4/c20-17(19-14-7-5-13(6-8-14)18(21)22)11-16-15-4-2-1-3-12(15)9-10-23-16/h1-4,13-14,16H,5-11H2,(H,19,20)(H,21,22). The summed E-state index contributed by atoms with van der Waals surface area (Å²) in [6.45, 7) is 0.651. The minimum absolute atomic E-state index is 0.00882. The summed E-state index contributed by atoms with van der Waals surface area (Å²) in [5, 5.41) is 12.1. The third kappa shape index (κ3) is 3.91. The molecule has 1 fully saturated rings. The second kappa shape index (κ2) is 7.13. The first-order valence-corrected chi connectivity index (χ1v) is 8.35. The number of hydrogen-bond acceptors (Lipinski definition) is 3. The number of carboxylic acids is 1. The number of fused-ring (bicyclic) bond motifs is 1. The summed E-state index contributed by atoms with van der Waals surface area (Å²) in [5.74, 6) is -0.982. The van der Waals surface area contributed by atoms with E-state index in [0.29, 0.717) is 25.9 Å². The fourth-order valence-corrected chi connectivity index (χ4v) is 3.59. The smallest absolute Gasteiger partial charge is 0.306 e. The second-order valence-corrected chi connectivity index (χ2v) is 6.47. The quantitative estimate of drug-likeness (QED) is 0.894. The van der Waals surface area contributed by atoms with Crippen molar-refractivity contribution in [1.29, 1.82) is 0 Å². The van der Waals surface area contributed by atoms with Crippen LogP contribution in [0.5, 0.6) is 0 Å². The molecule has 1 atom stereocenters. The van der Waals surface area contributed by atoms with Crippen LogP contribution >= 0.6 is 0 Å². The van der Waals surface area contributed by atoms with Crippen molar-refractivity contribution in [1.82, 2.24) is 5.32 Å². The van der Waals surface area contributed by atoms with Crippen LogP contribution in [0.15, 0.2) is 24.3 Å². The zero-order valence-corrected chi connectivity index (χ0v) is 13.2. The Labute approximate surface area is 136 Å². The van der Waals surface area contributed by atoms with E-state index < -0.39 is 5.97 Å². The summed E-state index contributed by atoms with van der Waals surface area (Å²) in [4.78, 5) is 23.3. The predicted octanol–water partition coefficient (Wildman–Crippen LogP) is 2.45. The van der Waals surface area contributed by atoms with Crippen molar-refractivity contribution in [3.8, 4) is 0 Å². The maximum atomic E-state index is 12.3. The molecular weight excluding hydrogens is 294 g/mol.